The Morgan fingerprint density at radius 2 is 2.18 bits per heavy atom. The number of aliphatic carboxylic acids is 1. The van der Waals surface area contributed by atoms with E-state index in [1.807, 2.05) is 42.3 Å². The molecule has 1 amide bonds. The second kappa shape index (κ2) is 7.65. The first kappa shape index (κ1) is 16.8. The van der Waals surface area contributed by atoms with Gasteiger partial charge in [-0.05, 0) is 36.8 Å². The Hall–Kier alpha value is -1.53. The van der Waals surface area contributed by atoms with Gasteiger partial charge in [-0.1, -0.05) is 13.0 Å². The zero-order valence-electron chi connectivity index (χ0n) is 12.9. The third-order valence-corrected chi connectivity index (χ3v) is 4.53. The van der Waals surface area contributed by atoms with Crippen molar-refractivity contribution in [3.8, 4) is 0 Å². The fourth-order valence-corrected chi connectivity index (χ4v) is 3.33. The molecule has 22 heavy (non-hydrogen) atoms. The number of likely N-dealkylation sites (tertiary alicyclic amines) is 1. The zero-order chi connectivity index (χ0) is 16.1. The number of nitrogens with zero attached hydrogens (tertiary/aromatic N) is 1. The molecular weight excluding hydrogens is 300 g/mol. The highest BCUT2D eigenvalue weighted by Crippen LogP contribution is 2.22. The third-order valence-electron chi connectivity index (χ3n) is 3.81. The Balaban J connectivity index is 1.92. The summed E-state index contributed by atoms with van der Waals surface area (Å²) in [4.78, 5) is 26.3. The first-order chi connectivity index (χ1) is 10.5. The van der Waals surface area contributed by atoms with Crippen LogP contribution in [0.4, 0.5) is 5.69 Å². The molecule has 2 N–H and O–H groups in total. The number of rotatable bonds is 5. The van der Waals surface area contributed by atoms with Gasteiger partial charge in [0.15, 0.2) is 0 Å². The average Bonchev–Trinajstić information content (AvgIpc) is 2.46. The largest absolute Gasteiger partial charge is 0.481 e. The smallest absolute Gasteiger partial charge is 0.307 e. The van der Waals surface area contributed by atoms with Crippen molar-refractivity contribution in [1.82, 2.24) is 4.90 Å². The van der Waals surface area contributed by atoms with Crippen molar-refractivity contribution in [2.75, 3.05) is 31.2 Å². The highest BCUT2D eigenvalue weighted by molar-refractivity contribution is 7.98. The summed E-state index contributed by atoms with van der Waals surface area (Å²) < 4.78 is 0. The molecule has 0 radical (unpaired) electrons. The Morgan fingerprint density at radius 1 is 1.41 bits per heavy atom. The molecule has 5 nitrogen and oxygen atoms in total. The number of benzene rings is 1. The monoisotopic (exact) mass is 322 g/mol. The summed E-state index contributed by atoms with van der Waals surface area (Å²) in [6, 6.07) is 7.69. The van der Waals surface area contributed by atoms with Crippen LogP contribution in [0.3, 0.4) is 0 Å². The zero-order valence-corrected chi connectivity index (χ0v) is 13.7. The summed E-state index contributed by atoms with van der Waals surface area (Å²) >= 11 is 1.62. The van der Waals surface area contributed by atoms with Gasteiger partial charge >= 0.3 is 5.97 Å². The van der Waals surface area contributed by atoms with Crippen LogP contribution in [0.1, 0.15) is 13.3 Å². The van der Waals surface area contributed by atoms with Gasteiger partial charge < -0.3 is 10.4 Å². The van der Waals surface area contributed by atoms with E-state index in [1.165, 1.54) is 0 Å². The van der Waals surface area contributed by atoms with Crippen molar-refractivity contribution in [1.29, 1.82) is 0 Å². The predicted molar refractivity (Wildman–Crippen MR) is 88.2 cm³/mol. The highest BCUT2D eigenvalue weighted by atomic mass is 32.2. The number of carbonyl (C=O) groups excluding carboxylic acids is 1. The number of hydrogen-bond donors (Lipinski definition) is 2. The van der Waals surface area contributed by atoms with Gasteiger partial charge in [0.1, 0.15) is 0 Å². The molecule has 0 saturated carbocycles. The summed E-state index contributed by atoms with van der Waals surface area (Å²) in [5.41, 5.74) is 0.775. The number of carboxylic acids is 1. The lowest BCUT2D eigenvalue weighted by molar-refractivity contribution is -0.144. The van der Waals surface area contributed by atoms with E-state index in [4.69, 9.17) is 0 Å². The molecule has 0 spiro atoms. The van der Waals surface area contributed by atoms with Crippen LogP contribution in [0.25, 0.3) is 0 Å². The minimum Gasteiger partial charge on any atom is -0.481 e. The van der Waals surface area contributed by atoms with E-state index in [9.17, 15) is 14.7 Å². The molecular formula is C16H22N2O3S. The Morgan fingerprint density at radius 3 is 2.86 bits per heavy atom. The van der Waals surface area contributed by atoms with Gasteiger partial charge in [-0.2, -0.15) is 0 Å². The van der Waals surface area contributed by atoms with E-state index >= 15 is 0 Å². The van der Waals surface area contributed by atoms with Gasteiger partial charge in [0, 0.05) is 23.7 Å². The first-order valence-electron chi connectivity index (χ1n) is 7.37. The number of hydrogen-bond acceptors (Lipinski definition) is 4. The van der Waals surface area contributed by atoms with Gasteiger partial charge in [0.25, 0.3) is 0 Å². The van der Waals surface area contributed by atoms with Gasteiger partial charge in [-0.25, -0.2) is 0 Å². The lowest BCUT2D eigenvalue weighted by atomic mass is 9.90. The van der Waals surface area contributed by atoms with Crippen molar-refractivity contribution in [2.45, 2.75) is 18.2 Å². The maximum absolute atomic E-state index is 12.2. The van der Waals surface area contributed by atoms with Crippen molar-refractivity contribution in [3.05, 3.63) is 24.3 Å². The standard InChI is InChI=1S/C16H22N2O3S/c1-11-6-12(16(20)21)9-18(8-11)10-15(19)17-13-4-3-5-14(7-13)22-2/h3-5,7,11-12H,6,8-10H2,1-2H3,(H,17,19)(H,20,21). The molecule has 0 bridgehead atoms. The van der Waals surface area contributed by atoms with Crippen LogP contribution in [-0.2, 0) is 9.59 Å². The van der Waals surface area contributed by atoms with Crippen LogP contribution in [0.2, 0.25) is 0 Å². The van der Waals surface area contributed by atoms with E-state index in [0.29, 0.717) is 18.9 Å². The van der Waals surface area contributed by atoms with Crippen LogP contribution in [0.15, 0.2) is 29.2 Å². The summed E-state index contributed by atoms with van der Waals surface area (Å²) in [7, 11) is 0. The quantitative estimate of drug-likeness (QED) is 0.815. The van der Waals surface area contributed by atoms with Crippen molar-refractivity contribution >= 4 is 29.3 Å². The Kier molecular flexibility index (Phi) is 5.85. The Bertz CT molecular complexity index is 550. The number of carbonyl (C=O) groups is 2. The van der Waals surface area contributed by atoms with E-state index in [2.05, 4.69) is 5.32 Å². The van der Waals surface area contributed by atoms with E-state index in [-0.39, 0.29) is 18.4 Å². The number of amides is 1. The second-order valence-corrected chi connectivity index (χ2v) is 6.73. The molecule has 1 fully saturated rings. The molecule has 2 rings (SSSR count). The van der Waals surface area contributed by atoms with Crippen molar-refractivity contribution < 1.29 is 14.7 Å². The lowest BCUT2D eigenvalue weighted by Crippen LogP contribution is -2.45. The number of nitrogens with one attached hydrogen (secondary N) is 1. The molecule has 2 atom stereocenters. The molecule has 0 aromatic heterocycles. The van der Waals surface area contributed by atoms with E-state index in [0.717, 1.165) is 17.1 Å². The van der Waals surface area contributed by atoms with Crippen LogP contribution in [-0.4, -0.2) is 47.8 Å². The first-order valence-corrected chi connectivity index (χ1v) is 8.59. The fourth-order valence-electron chi connectivity index (χ4n) is 2.87. The molecule has 0 aliphatic carbocycles. The summed E-state index contributed by atoms with van der Waals surface area (Å²) in [6.45, 7) is 3.47. The fraction of sp³-hybridized carbons (Fsp3) is 0.500. The molecule has 6 heteroatoms. The highest BCUT2D eigenvalue weighted by Gasteiger charge is 2.30. The van der Waals surface area contributed by atoms with Gasteiger partial charge in [-0.15, -0.1) is 11.8 Å². The molecule has 1 aromatic rings. The molecule has 1 aromatic carbocycles. The number of piperidine rings is 1. The summed E-state index contributed by atoms with van der Waals surface area (Å²) in [6.07, 6.45) is 2.67. The van der Waals surface area contributed by atoms with Crippen molar-refractivity contribution in [3.63, 3.8) is 0 Å². The van der Waals surface area contributed by atoms with Gasteiger partial charge in [0.05, 0.1) is 12.5 Å². The van der Waals surface area contributed by atoms with E-state index < -0.39 is 5.97 Å². The number of anilines is 1. The molecule has 1 heterocycles. The van der Waals surface area contributed by atoms with Crippen LogP contribution >= 0.6 is 11.8 Å². The van der Waals surface area contributed by atoms with Crippen LogP contribution in [0, 0.1) is 11.8 Å². The maximum Gasteiger partial charge on any atom is 0.307 e. The Labute approximate surface area is 135 Å². The van der Waals surface area contributed by atoms with E-state index in [1.54, 1.807) is 11.8 Å². The summed E-state index contributed by atoms with van der Waals surface area (Å²) in [5.74, 6) is -0.958. The third kappa shape index (κ3) is 4.74. The SMILES string of the molecule is CSc1cccc(NC(=O)CN2CC(C)CC(C(=O)O)C2)c1. The topological polar surface area (TPSA) is 69.6 Å². The normalized spacial score (nSPS) is 22.3. The molecule has 1 aliphatic heterocycles. The van der Waals surface area contributed by atoms with Gasteiger partial charge in [0.2, 0.25) is 5.91 Å². The minimum atomic E-state index is -0.773. The van der Waals surface area contributed by atoms with Crippen LogP contribution < -0.4 is 5.32 Å². The molecule has 120 valence electrons. The minimum absolute atomic E-state index is 0.100. The molecule has 2 unspecified atom stereocenters. The summed E-state index contributed by atoms with van der Waals surface area (Å²) in [5, 5.41) is 12.1. The molecule has 1 saturated heterocycles. The van der Waals surface area contributed by atoms with Crippen LogP contribution in [0.5, 0.6) is 0 Å². The van der Waals surface area contributed by atoms with Crippen molar-refractivity contribution in [2.24, 2.45) is 11.8 Å². The second-order valence-electron chi connectivity index (χ2n) is 5.85. The number of thioether (sulfide) groups is 1. The molecule has 1 aliphatic rings. The van der Waals surface area contributed by atoms with Gasteiger partial charge in [-0.3, -0.25) is 14.5 Å². The maximum atomic E-state index is 12.2. The lowest BCUT2D eigenvalue weighted by Gasteiger charge is -2.34. The predicted octanol–water partition coefficient (Wildman–Crippen LogP) is 2.39. The number of carboxylic acid groups (broad SMARTS) is 1. The average molecular weight is 322 g/mol.